The smallest absolute Gasteiger partial charge is 0.191 e. The Morgan fingerprint density at radius 3 is 2.31 bits per heavy atom. The fourth-order valence-corrected chi connectivity index (χ4v) is 4.44. The normalized spacial score (nSPS) is 31.0. The minimum absolute atomic E-state index is 0.0281. The maximum absolute atomic E-state index is 11.9. The lowest BCUT2D eigenvalue weighted by Gasteiger charge is -2.39. The Balaban J connectivity index is 1.89. The summed E-state index contributed by atoms with van der Waals surface area (Å²) < 4.78 is 24.3. The summed E-state index contributed by atoms with van der Waals surface area (Å²) >= 11 is 0. The molecule has 26 heavy (non-hydrogen) atoms. The summed E-state index contributed by atoms with van der Waals surface area (Å²) in [7, 11) is -1.74. The van der Waals surface area contributed by atoms with Crippen LogP contribution in [0.1, 0.15) is 59.8 Å². The van der Waals surface area contributed by atoms with E-state index >= 15 is 0 Å². The van der Waals surface area contributed by atoms with Crippen molar-refractivity contribution < 1.29 is 23.4 Å². The van der Waals surface area contributed by atoms with Crippen LogP contribution in [0.5, 0.6) is 0 Å². The molecule has 0 aromatic rings. The first-order valence-electron chi connectivity index (χ1n) is 10.1. The van der Waals surface area contributed by atoms with Crippen molar-refractivity contribution in [1.82, 2.24) is 0 Å². The summed E-state index contributed by atoms with van der Waals surface area (Å²) in [5, 5.41) is 0.213. The zero-order valence-corrected chi connectivity index (χ0v) is 18.5. The molecule has 152 valence electrons. The summed E-state index contributed by atoms with van der Waals surface area (Å²) in [5.41, 5.74) is 0. The SMILES string of the molecule is CC(=O)[C@H]1OCCC[C@@H]1O[C@@H]1CCCO[C@H]1CCO[Si](C)(C)C(C)(C)C. The number of ether oxygens (including phenoxy) is 3. The van der Waals surface area contributed by atoms with E-state index in [0.29, 0.717) is 13.2 Å². The van der Waals surface area contributed by atoms with Gasteiger partial charge in [0, 0.05) is 19.8 Å². The lowest BCUT2D eigenvalue weighted by atomic mass is 9.99. The van der Waals surface area contributed by atoms with Gasteiger partial charge in [-0.3, -0.25) is 4.79 Å². The van der Waals surface area contributed by atoms with Crippen LogP contribution in [0.2, 0.25) is 18.1 Å². The van der Waals surface area contributed by atoms with Crippen LogP contribution in [0, 0.1) is 0 Å². The lowest BCUT2D eigenvalue weighted by molar-refractivity contribution is -0.182. The second kappa shape index (κ2) is 9.28. The zero-order chi connectivity index (χ0) is 19.4. The van der Waals surface area contributed by atoms with E-state index in [2.05, 4.69) is 33.9 Å². The molecule has 5 nitrogen and oxygen atoms in total. The van der Waals surface area contributed by atoms with Gasteiger partial charge in [-0.2, -0.15) is 0 Å². The Labute approximate surface area is 160 Å². The van der Waals surface area contributed by atoms with Gasteiger partial charge in [-0.05, 0) is 57.2 Å². The Kier molecular flexibility index (Phi) is 7.86. The standard InChI is InChI=1S/C20H38O5Si/c1-15(21)19-18(10-8-13-23-19)25-17-9-7-12-22-16(17)11-14-24-26(5,6)20(2,3)4/h16-19H,7-14H2,1-6H3/t16-,17+,18-,19+/m0/s1. The first-order valence-corrected chi connectivity index (χ1v) is 13.1. The quantitative estimate of drug-likeness (QED) is 0.617. The summed E-state index contributed by atoms with van der Waals surface area (Å²) in [6, 6.07) is 0. The molecule has 0 N–H and O–H groups in total. The van der Waals surface area contributed by atoms with Crippen molar-refractivity contribution in [2.24, 2.45) is 0 Å². The van der Waals surface area contributed by atoms with Crippen LogP contribution < -0.4 is 0 Å². The molecule has 2 rings (SSSR count). The van der Waals surface area contributed by atoms with E-state index in [1.807, 2.05) is 0 Å². The molecular weight excluding hydrogens is 348 g/mol. The van der Waals surface area contributed by atoms with Gasteiger partial charge in [0.25, 0.3) is 0 Å². The third-order valence-corrected chi connectivity index (χ3v) is 10.6. The molecule has 4 atom stereocenters. The summed E-state index contributed by atoms with van der Waals surface area (Å²) in [6.45, 7) is 15.1. The van der Waals surface area contributed by atoms with Crippen LogP contribution in [0.25, 0.3) is 0 Å². The fourth-order valence-electron chi connectivity index (χ4n) is 3.38. The summed E-state index contributed by atoms with van der Waals surface area (Å²) in [5.74, 6) is 0.0595. The van der Waals surface area contributed by atoms with Gasteiger partial charge < -0.3 is 18.6 Å². The number of carbonyl (C=O) groups excluding carboxylic acids is 1. The monoisotopic (exact) mass is 386 g/mol. The van der Waals surface area contributed by atoms with Gasteiger partial charge in [0.2, 0.25) is 0 Å². The summed E-state index contributed by atoms with van der Waals surface area (Å²) in [4.78, 5) is 11.9. The molecule has 6 heteroatoms. The fraction of sp³-hybridized carbons (Fsp3) is 0.950. The van der Waals surface area contributed by atoms with E-state index in [-0.39, 0.29) is 29.1 Å². The van der Waals surface area contributed by atoms with Crippen LogP contribution in [0.3, 0.4) is 0 Å². The third-order valence-electron chi connectivity index (χ3n) is 6.07. The number of rotatable bonds is 7. The van der Waals surface area contributed by atoms with Gasteiger partial charge in [0.05, 0.1) is 18.3 Å². The molecule has 2 saturated heterocycles. The number of ketones is 1. The first kappa shape index (κ1) is 22.0. The lowest BCUT2D eigenvalue weighted by Crippen LogP contribution is -2.47. The van der Waals surface area contributed by atoms with E-state index in [9.17, 15) is 4.79 Å². The van der Waals surface area contributed by atoms with Crippen molar-refractivity contribution in [3.8, 4) is 0 Å². The van der Waals surface area contributed by atoms with Crippen molar-refractivity contribution in [2.75, 3.05) is 19.8 Å². The molecule has 2 aliphatic heterocycles. The topological polar surface area (TPSA) is 54.0 Å². The van der Waals surface area contributed by atoms with E-state index < -0.39 is 14.4 Å². The molecule has 2 heterocycles. The molecule has 2 aliphatic rings. The van der Waals surface area contributed by atoms with Gasteiger partial charge in [0.15, 0.2) is 14.1 Å². The van der Waals surface area contributed by atoms with E-state index in [0.717, 1.165) is 38.7 Å². The predicted octanol–water partition coefficient (Wildman–Crippen LogP) is 4.10. The molecule has 2 fully saturated rings. The molecule has 0 unspecified atom stereocenters. The van der Waals surface area contributed by atoms with Crippen molar-refractivity contribution in [1.29, 1.82) is 0 Å². The van der Waals surface area contributed by atoms with Crippen molar-refractivity contribution in [2.45, 2.75) is 102 Å². The highest BCUT2D eigenvalue weighted by Crippen LogP contribution is 2.37. The van der Waals surface area contributed by atoms with Crippen LogP contribution in [0.4, 0.5) is 0 Å². The van der Waals surface area contributed by atoms with Crippen molar-refractivity contribution in [3.63, 3.8) is 0 Å². The number of hydrogen-bond acceptors (Lipinski definition) is 5. The minimum Gasteiger partial charge on any atom is -0.417 e. The maximum atomic E-state index is 11.9. The minimum atomic E-state index is -1.74. The molecule has 0 radical (unpaired) electrons. The zero-order valence-electron chi connectivity index (χ0n) is 17.5. The highest BCUT2D eigenvalue weighted by atomic mass is 28.4. The molecule has 0 saturated carbocycles. The second-order valence-corrected chi connectivity index (χ2v) is 14.0. The average Bonchev–Trinajstić information content (AvgIpc) is 2.55. The second-order valence-electron chi connectivity index (χ2n) is 9.21. The highest BCUT2D eigenvalue weighted by molar-refractivity contribution is 6.74. The number of Topliss-reactive ketones (excluding diaryl/α,β-unsaturated/α-hetero) is 1. The van der Waals surface area contributed by atoms with Gasteiger partial charge in [0.1, 0.15) is 6.10 Å². The molecule has 0 aromatic heterocycles. The van der Waals surface area contributed by atoms with E-state index in [1.165, 1.54) is 0 Å². The molecule has 0 spiro atoms. The van der Waals surface area contributed by atoms with Crippen LogP contribution in [-0.2, 0) is 23.4 Å². The van der Waals surface area contributed by atoms with Gasteiger partial charge in [-0.15, -0.1) is 0 Å². The Hall–Kier alpha value is -0.273. The van der Waals surface area contributed by atoms with Crippen molar-refractivity contribution in [3.05, 3.63) is 0 Å². The number of carbonyl (C=O) groups is 1. The summed E-state index contributed by atoms with van der Waals surface area (Å²) in [6.07, 6.45) is 4.16. The third kappa shape index (κ3) is 5.86. The van der Waals surface area contributed by atoms with Crippen LogP contribution in [0.15, 0.2) is 0 Å². The molecule has 0 aromatic carbocycles. The Morgan fingerprint density at radius 2 is 1.69 bits per heavy atom. The van der Waals surface area contributed by atoms with Crippen LogP contribution >= 0.6 is 0 Å². The highest BCUT2D eigenvalue weighted by Gasteiger charge is 2.39. The Bertz CT molecular complexity index is 460. The van der Waals surface area contributed by atoms with Crippen molar-refractivity contribution >= 4 is 14.1 Å². The first-order chi connectivity index (χ1) is 12.1. The number of hydrogen-bond donors (Lipinski definition) is 0. The van der Waals surface area contributed by atoms with Gasteiger partial charge >= 0.3 is 0 Å². The molecule has 0 aliphatic carbocycles. The maximum Gasteiger partial charge on any atom is 0.191 e. The average molecular weight is 387 g/mol. The predicted molar refractivity (Wildman–Crippen MR) is 105 cm³/mol. The van der Waals surface area contributed by atoms with E-state index in [4.69, 9.17) is 18.6 Å². The van der Waals surface area contributed by atoms with Crippen LogP contribution in [-0.4, -0.2) is 58.3 Å². The van der Waals surface area contributed by atoms with Gasteiger partial charge in [-0.25, -0.2) is 0 Å². The molecule has 0 bridgehead atoms. The largest absolute Gasteiger partial charge is 0.417 e. The Morgan fingerprint density at radius 1 is 1.08 bits per heavy atom. The van der Waals surface area contributed by atoms with Gasteiger partial charge in [-0.1, -0.05) is 20.8 Å². The van der Waals surface area contributed by atoms with E-state index in [1.54, 1.807) is 6.92 Å². The molecular formula is C20H38O5Si. The molecule has 0 amide bonds.